The van der Waals surface area contributed by atoms with E-state index in [1.54, 1.807) is 6.07 Å². The monoisotopic (exact) mass is 352 g/mol. The summed E-state index contributed by atoms with van der Waals surface area (Å²) in [5, 5.41) is 0.969. The summed E-state index contributed by atoms with van der Waals surface area (Å²) in [6.07, 6.45) is 7.02. The summed E-state index contributed by atoms with van der Waals surface area (Å²) >= 11 is 0. The standard InChI is InChI=1S/C21H24N2O3/c24-20(23-13-5-8-16-7-2-4-10-19(16)23)14-26-21(25)18-12-11-15-6-1-3-9-17(15)22-18/h1,3,6,9,11-12,16,19H,2,4-5,7-8,10,13-14H2/t16-,19-/m0/s1. The van der Waals surface area contributed by atoms with Crippen LogP contribution in [0.15, 0.2) is 36.4 Å². The van der Waals surface area contributed by atoms with E-state index in [-0.39, 0.29) is 18.2 Å². The smallest absolute Gasteiger partial charge is 0.357 e. The van der Waals surface area contributed by atoms with E-state index in [1.807, 2.05) is 35.2 Å². The van der Waals surface area contributed by atoms with Gasteiger partial charge in [-0.2, -0.15) is 0 Å². The Morgan fingerprint density at radius 1 is 1.04 bits per heavy atom. The highest BCUT2D eigenvalue weighted by Gasteiger charge is 2.35. The van der Waals surface area contributed by atoms with Gasteiger partial charge in [-0.05, 0) is 43.7 Å². The van der Waals surface area contributed by atoms with Crippen LogP contribution in [0.4, 0.5) is 0 Å². The van der Waals surface area contributed by atoms with Crippen LogP contribution in [0.5, 0.6) is 0 Å². The van der Waals surface area contributed by atoms with Gasteiger partial charge in [-0.25, -0.2) is 9.78 Å². The van der Waals surface area contributed by atoms with E-state index in [0.717, 1.165) is 30.3 Å². The number of amides is 1. The Hall–Kier alpha value is -2.43. The van der Waals surface area contributed by atoms with Gasteiger partial charge in [0.1, 0.15) is 5.69 Å². The molecule has 5 heteroatoms. The third-order valence-electron chi connectivity index (χ3n) is 5.70. The fourth-order valence-corrected chi connectivity index (χ4v) is 4.40. The highest BCUT2D eigenvalue weighted by molar-refractivity contribution is 5.92. The first-order chi connectivity index (χ1) is 12.7. The average molecular weight is 352 g/mol. The van der Waals surface area contributed by atoms with Crippen molar-refractivity contribution in [2.45, 2.75) is 44.6 Å². The molecule has 136 valence electrons. The molecule has 1 aromatic carbocycles. The van der Waals surface area contributed by atoms with Gasteiger partial charge in [-0.1, -0.05) is 37.1 Å². The Morgan fingerprint density at radius 3 is 2.77 bits per heavy atom. The number of hydrogen-bond donors (Lipinski definition) is 0. The third-order valence-corrected chi connectivity index (χ3v) is 5.70. The Kier molecular flexibility index (Phi) is 4.87. The van der Waals surface area contributed by atoms with Gasteiger partial charge >= 0.3 is 5.97 Å². The molecule has 1 aromatic heterocycles. The largest absolute Gasteiger partial charge is 0.451 e. The van der Waals surface area contributed by atoms with Crippen LogP contribution in [0.1, 0.15) is 49.0 Å². The van der Waals surface area contributed by atoms with Crippen molar-refractivity contribution in [3.63, 3.8) is 0 Å². The molecule has 1 saturated carbocycles. The molecule has 1 saturated heterocycles. The summed E-state index contributed by atoms with van der Waals surface area (Å²) in [6, 6.07) is 11.4. The molecule has 2 fully saturated rings. The zero-order chi connectivity index (χ0) is 17.9. The SMILES string of the molecule is O=C(OCC(=O)N1CCC[C@@H]2CCCC[C@@H]21)c1ccc2ccccc2n1. The predicted octanol–water partition coefficient (Wildman–Crippen LogP) is 3.57. The van der Waals surface area contributed by atoms with Crippen molar-refractivity contribution >= 4 is 22.8 Å². The molecule has 0 radical (unpaired) electrons. The van der Waals surface area contributed by atoms with Gasteiger partial charge in [0.25, 0.3) is 5.91 Å². The number of aromatic nitrogens is 1. The van der Waals surface area contributed by atoms with Crippen LogP contribution in [-0.4, -0.2) is 41.0 Å². The molecule has 1 aliphatic carbocycles. The predicted molar refractivity (Wildman–Crippen MR) is 98.7 cm³/mol. The molecule has 1 amide bonds. The van der Waals surface area contributed by atoms with Crippen molar-refractivity contribution in [3.8, 4) is 0 Å². The number of benzene rings is 1. The van der Waals surface area contributed by atoms with Crippen LogP contribution in [-0.2, 0) is 9.53 Å². The molecular formula is C21H24N2O3. The first kappa shape index (κ1) is 17.0. The van der Waals surface area contributed by atoms with Crippen LogP contribution in [0.2, 0.25) is 0 Å². The fourth-order valence-electron chi connectivity index (χ4n) is 4.40. The van der Waals surface area contributed by atoms with E-state index < -0.39 is 5.97 Å². The minimum atomic E-state index is -0.540. The van der Waals surface area contributed by atoms with Crippen molar-refractivity contribution in [3.05, 3.63) is 42.1 Å². The van der Waals surface area contributed by atoms with Gasteiger partial charge < -0.3 is 9.64 Å². The van der Waals surface area contributed by atoms with Gasteiger partial charge in [-0.15, -0.1) is 0 Å². The number of fused-ring (bicyclic) bond motifs is 2. The van der Waals surface area contributed by atoms with Crippen molar-refractivity contribution in [2.75, 3.05) is 13.2 Å². The van der Waals surface area contributed by atoms with E-state index >= 15 is 0 Å². The molecule has 2 heterocycles. The van der Waals surface area contributed by atoms with Gasteiger partial charge in [0.05, 0.1) is 5.52 Å². The minimum absolute atomic E-state index is 0.0734. The lowest BCUT2D eigenvalue weighted by Crippen LogP contribution is -2.50. The zero-order valence-corrected chi connectivity index (χ0v) is 14.9. The number of pyridine rings is 1. The second-order valence-electron chi connectivity index (χ2n) is 7.31. The number of nitrogens with zero attached hydrogens (tertiary/aromatic N) is 2. The molecule has 0 bridgehead atoms. The van der Waals surface area contributed by atoms with E-state index in [1.165, 1.54) is 25.7 Å². The Labute approximate surface area is 153 Å². The Morgan fingerprint density at radius 2 is 1.85 bits per heavy atom. The highest BCUT2D eigenvalue weighted by Crippen LogP contribution is 2.35. The lowest BCUT2D eigenvalue weighted by Gasteiger charge is -2.44. The maximum atomic E-state index is 12.6. The molecule has 0 unspecified atom stereocenters. The summed E-state index contributed by atoms with van der Waals surface area (Å²) in [6.45, 7) is 0.586. The first-order valence-corrected chi connectivity index (χ1v) is 9.55. The van der Waals surface area contributed by atoms with Crippen molar-refractivity contribution in [1.29, 1.82) is 0 Å². The normalized spacial score (nSPS) is 22.7. The number of para-hydroxylation sites is 1. The fraction of sp³-hybridized carbons (Fsp3) is 0.476. The number of esters is 1. The molecule has 0 spiro atoms. The average Bonchev–Trinajstić information content (AvgIpc) is 2.71. The molecule has 0 N–H and O–H groups in total. The molecule has 5 nitrogen and oxygen atoms in total. The number of rotatable bonds is 3. The van der Waals surface area contributed by atoms with Gasteiger partial charge in [0, 0.05) is 18.0 Å². The van der Waals surface area contributed by atoms with Crippen LogP contribution >= 0.6 is 0 Å². The molecule has 2 atom stereocenters. The summed E-state index contributed by atoms with van der Waals surface area (Å²) in [5.74, 6) is 0.0105. The number of carbonyl (C=O) groups excluding carboxylic acids is 2. The summed E-state index contributed by atoms with van der Waals surface area (Å²) in [5.41, 5.74) is 0.986. The summed E-state index contributed by atoms with van der Waals surface area (Å²) in [4.78, 5) is 31.2. The van der Waals surface area contributed by atoms with Crippen molar-refractivity contribution in [2.24, 2.45) is 5.92 Å². The van der Waals surface area contributed by atoms with Crippen LogP contribution < -0.4 is 0 Å². The van der Waals surface area contributed by atoms with Gasteiger partial charge in [0.2, 0.25) is 0 Å². The van der Waals surface area contributed by atoms with Crippen molar-refractivity contribution < 1.29 is 14.3 Å². The number of carbonyl (C=O) groups is 2. The van der Waals surface area contributed by atoms with E-state index in [2.05, 4.69) is 4.98 Å². The summed E-state index contributed by atoms with van der Waals surface area (Å²) < 4.78 is 5.28. The minimum Gasteiger partial charge on any atom is -0.451 e. The first-order valence-electron chi connectivity index (χ1n) is 9.55. The second-order valence-corrected chi connectivity index (χ2v) is 7.31. The maximum absolute atomic E-state index is 12.6. The summed E-state index contributed by atoms with van der Waals surface area (Å²) in [7, 11) is 0. The number of ether oxygens (including phenoxy) is 1. The van der Waals surface area contributed by atoms with E-state index in [4.69, 9.17) is 4.74 Å². The Bertz CT molecular complexity index is 818. The highest BCUT2D eigenvalue weighted by atomic mass is 16.5. The zero-order valence-electron chi connectivity index (χ0n) is 14.9. The topological polar surface area (TPSA) is 59.5 Å². The lowest BCUT2D eigenvalue weighted by molar-refractivity contribution is -0.140. The van der Waals surface area contributed by atoms with Crippen molar-refractivity contribution in [1.82, 2.24) is 9.88 Å². The molecule has 2 aromatic rings. The second kappa shape index (κ2) is 7.44. The van der Waals surface area contributed by atoms with Crippen LogP contribution in [0, 0.1) is 5.92 Å². The maximum Gasteiger partial charge on any atom is 0.357 e. The Balaban J connectivity index is 1.39. The van der Waals surface area contributed by atoms with E-state index in [0.29, 0.717) is 12.0 Å². The molecule has 4 rings (SSSR count). The number of piperidine rings is 1. The lowest BCUT2D eigenvalue weighted by atomic mass is 9.78. The quantitative estimate of drug-likeness (QED) is 0.793. The van der Waals surface area contributed by atoms with Gasteiger partial charge in [-0.3, -0.25) is 4.79 Å². The van der Waals surface area contributed by atoms with Crippen LogP contribution in [0.25, 0.3) is 10.9 Å². The number of likely N-dealkylation sites (tertiary alicyclic amines) is 1. The van der Waals surface area contributed by atoms with E-state index in [9.17, 15) is 9.59 Å². The van der Waals surface area contributed by atoms with Crippen LogP contribution in [0.3, 0.4) is 0 Å². The molecule has 1 aliphatic heterocycles. The molecule has 2 aliphatic rings. The van der Waals surface area contributed by atoms with Gasteiger partial charge in [0.15, 0.2) is 6.61 Å². The number of hydrogen-bond acceptors (Lipinski definition) is 4. The molecule has 26 heavy (non-hydrogen) atoms. The molecular weight excluding hydrogens is 328 g/mol. The third kappa shape index (κ3) is 3.43.